The molecule has 60 heavy (non-hydrogen) atoms. The first-order chi connectivity index (χ1) is 28.4. The Morgan fingerprint density at radius 2 is 1.50 bits per heavy atom. The number of amides is 6. The van der Waals surface area contributed by atoms with E-state index in [1.807, 2.05) is 24.5 Å². The molecule has 6 atom stereocenters. The lowest BCUT2D eigenvalue weighted by Crippen LogP contribution is -2.61. The van der Waals surface area contributed by atoms with Crippen LogP contribution >= 0.6 is 7.82 Å². The zero-order valence-corrected chi connectivity index (χ0v) is 35.9. The van der Waals surface area contributed by atoms with E-state index in [1.165, 1.54) is 17.4 Å². The highest BCUT2D eigenvalue weighted by molar-refractivity contribution is 7.46. The van der Waals surface area contributed by atoms with Crippen LogP contribution in [0.2, 0.25) is 0 Å². The number of imidazole rings is 1. The summed E-state index contributed by atoms with van der Waals surface area (Å²) in [5.41, 5.74) is 7.10. The van der Waals surface area contributed by atoms with Gasteiger partial charge in [-0.1, -0.05) is 69.9 Å². The van der Waals surface area contributed by atoms with Crippen molar-refractivity contribution in [2.24, 2.45) is 11.7 Å². The van der Waals surface area contributed by atoms with Crippen LogP contribution in [0.5, 0.6) is 0 Å². The maximum absolute atomic E-state index is 13.9. The molecular formula is C40H63N8O11P. The number of aliphatic hydroxyl groups excluding tert-OH is 1. The predicted molar refractivity (Wildman–Crippen MR) is 220 cm³/mol. The number of rotatable bonds is 26. The first-order valence-electron chi connectivity index (χ1n) is 20.6. The molecule has 1 aliphatic rings. The van der Waals surface area contributed by atoms with Crippen molar-refractivity contribution in [2.45, 2.75) is 141 Å². The topological polar surface area (TPSA) is 285 Å². The van der Waals surface area contributed by atoms with Crippen LogP contribution in [-0.4, -0.2) is 114 Å². The fraction of sp³-hybridized carbons (Fsp3) is 0.625. The SMILES string of the molecule is CC(=O)N1CCC[C@H]1C(=O)N[C@@H](CC(C)C)C(=O)N[C@@H](Cc1cn(CCCCCCCCc2ccccc2)cn1)C(=O)N[C@@H](CO)C(=O)N[C@H](C(N)=O)[C@@H](C)OP(=O)(O)O. The lowest BCUT2D eigenvalue weighted by atomic mass is 10.0. The molecule has 0 saturated carbocycles. The molecule has 2 aromatic rings. The van der Waals surface area contributed by atoms with Gasteiger partial charge >= 0.3 is 7.82 Å². The molecular weight excluding hydrogens is 799 g/mol. The summed E-state index contributed by atoms with van der Waals surface area (Å²) >= 11 is 0. The van der Waals surface area contributed by atoms with Crippen molar-refractivity contribution < 1.29 is 52.7 Å². The van der Waals surface area contributed by atoms with E-state index in [9.17, 15) is 48.2 Å². The van der Waals surface area contributed by atoms with Gasteiger partial charge in [0.1, 0.15) is 30.2 Å². The van der Waals surface area contributed by atoms with Crippen molar-refractivity contribution in [2.75, 3.05) is 13.2 Å². The highest BCUT2D eigenvalue weighted by atomic mass is 31.2. The van der Waals surface area contributed by atoms with Crippen LogP contribution in [0.1, 0.15) is 96.7 Å². The molecule has 2 heterocycles. The van der Waals surface area contributed by atoms with Crippen LogP contribution in [0, 0.1) is 5.92 Å². The van der Waals surface area contributed by atoms with E-state index in [1.54, 1.807) is 12.5 Å². The standard InChI is InChI=1S/C40H63N8O11P/c1-26(2)21-31(44-40(55)34-18-14-20-48(34)28(4)50)37(52)43-32(38(53)45-33(24-49)39(54)46-35(36(41)51)27(3)59-60(56,57)58)22-30-23-47(25-42-30)19-13-8-6-5-7-10-15-29-16-11-9-12-17-29/h9,11-12,16-17,23,25-27,31-35,49H,5-8,10,13-15,18-22,24H2,1-4H3,(H2,41,51)(H,43,52)(H,44,55)(H,45,53)(H,46,54)(H2,56,57,58)/t27-,31+,32+,33+,34+,35+/m1/s1. The van der Waals surface area contributed by atoms with E-state index in [4.69, 9.17) is 5.73 Å². The largest absolute Gasteiger partial charge is 0.469 e. The predicted octanol–water partition coefficient (Wildman–Crippen LogP) is 0.981. The van der Waals surface area contributed by atoms with Crippen LogP contribution in [0.15, 0.2) is 42.9 Å². The Morgan fingerprint density at radius 3 is 2.12 bits per heavy atom. The van der Waals surface area contributed by atoms with Gasteiger partial charge in [-0.2, -0.15) is 0 Å². The van der Waals surface area contributed by atoms with Crippen LogP contribution in [0.4, 0.5) is 0 Å². The number of nitrogens with one attached hydrogen (secondary N) is 4. The van der Waals surface area contributed by atoms with Crippen LogP contribution in [-0.2, 0) is 57.2 Å². The van der Waals surface area contributed by atoms with Gasteiger partial charge in [-0.15, -0.1) is 0 Å². The molecule has 9 N–H and O–H groups in total. The van der Waals surface area contributed by atoms with E-state index < -0.39 is 80.3 Å². The van der Waals surface area contributed by atoms with E-state index in [2.05, 4.69) is 55.0 Å². The molecule has 0 bridgehead atoms. The number of phosphoric acid groups is 1. The number of carbonyl (C=O) groups is 6. The Labute approximate surface area is 351 Å². The van der Waals surface area contributed by atoms with Gasteiger partial charge in [0.05, 0.1) is 24.7 Å². The molecule has 19 nitrogen and oxygen atoms in total. The number of nitrogens with two attached hydrogens (primary N) is 1. The summed E-state index contributed by atoms with van der Waals surface area (Å²) in [5, 5.41) is 20.0. The minimum atomic E-state index is -5.10. The number of aryl methyl sites for hydroxylation is 2. The number of likely N-dealkylation sites (tertiary alicyclic amines) is 1. The first kappa shape index (κ1) is 49.7. The number of benzene rings is 1. The minimum absolute atomic E-state index is 0.0802. The lowest BCUT2D eigenvalue weighted by molar-refractivity contribution is -0.139. The number of nitrogens with zero attached hydrogens (tertiary/aromatic N) is 3. The van der Waals surface area contributed by atoms with E-state index in [0.29, 0.717) is 31.6 Å². The average molecular weight is 863 g/mol. The summed E-state index contributed by atoms with van der Waals surface area (Å²) in [5.74, 6) is -4.85. The van der Waals surface area contributed by atoms with Gasteiger partial charge in [0.2, 0.25) is 35.4 Å². The van der Waals surface area contributed by atoms with Crippen LogP contribution in [0.25, 0.3) is 0 Å². The van der Waals surface area contributed by atoms with Gasteiger partial charge in [-0.25, -0.2) is 9.55 Å². The second-order valence-electron chi connectivity index (χ2n) is 15.7. The number of carbonyl (C=O) groups excluding carboxylic acids is 6. The molecule has 6 amide bonds. The summed E-state index contributed by atoms with van der Waals surface area (Å²) in [7, 11) is -5.10. The Bertz CT molecular complexity index is 1770. The number of unbranched alkanes of at least 4 members (excludes halogenated alkanes) is 5. The van der Waals surface area contributed by atoms with Gasteiger partial charge in [0.15, 0.2) is 0 Å². The van der Waals surface area contributed by atoms with Gasteiger partial charge in [0.25, 0.3) is 0 Å². The monoisotopic (exact) mass is 862 g/mol. The Balaban J connectivity index is 1.72. The number of primary amides is 1. The van der Waals surface area contributed by atoms with E-state index in [0.717, 1.165) is 51.9 Å². The molecule has 1 aromatic carbocycles. The average Bonchev–Trinajstić information content (AvgIpc) is 3.86. The van der Waals surface area contributed by atoms with E-state index in [-0.39, 0.29) is 24.7 Å². The summed E-state index contributed by atoms with van der Waals surface area (Å²) < 4.78 is 17.7. The molecule has 20 heteroatoms. The molecule has 0 radical (unpaired) electrons. The molecule has 334 valence electrons. The van der Waals surface area contributed by atoms with Crippen molar-refractivity contribution in [1.82, 2.24) is 35.7 Å². The highest BCUT2D eigenvalue weighted by Gasteiger charge is 2.37. The molecule has 0 aliphatic carbocycles. The van der Waals surface area contributed by atoms with Crippen LogP contribution in [0.3, 0.4) is 0 Å². The molecule has 0 unspecified atom stereocenters. The Morgan fingerprint density at radius 1 is 0.883 bits per heavy atom. The number of aliphatic hydroxyl groups is 1. The highest BCUT2D eigenvalue weighted by Crippen LogP contribution is 2.38. The number of phosphoric ester groups is 1. The van der Waals surface area contributed by atoms with Gasteiger partial charge in [0, 0.05) is 32.6 Å². The maximum Gasteiger partial charge on any atom is 0.469 e. The van der Waals surface area contributed by atoms with Crippen molar-refractivity contribution in [1.29, 1.82) is 0 Å². The van der Waals surface area contributed by atoms with Gasteiger partial charge in [-0.05, 0) is 56.9 Å². The molecule has 0 spiro atoms. The lowest BCUT2D eigenvalue weighted by Gasteiger charge is -2.28. The number of hydrogen-bond acceptors (Lipinski definition) is 10. The summed E-state index contributed by atoms with van der Waals surface area (Å²) in [4.78, 5) is 103. The van der Waals surface area contributed by atoms with Crippen molar-refractivity contribution in [3.8, 4) is 0 Å². The molecule has 1 saturated heterocycles. The molecule has 1 aliphatic heterocycles. The summed E-state index contributed by atoms with van der Waals surface area (Å²) in [6, 6.07) is 3.65. The summed E-state index contributed by atoms with van der Waals surface area (Å²) in [6.45, 7) is 6.24. The number of aromatic nitrogens is 2. The van der Waals surface area contributed by atoms with Crippen molar-refractivity contribution >= 4 is 43.3 Å². The number of hydrogen-bond donors (Lipinski definition) is 8. The third-order valence-corrected chi connectivity index (χ3v) is 10.8. The third kappa shape index (κ3) is 17.1. The van der Waals surface area contributed by atoms with Crippen molar-refractivity contribution in [3.63, 3.8) is 0 Å². The van der Waals surface area contributed by atoms with Crippen molar-refractivity contribution in [3.05, 3.63) is 54.1 Å². The fourth-order valence-corrected chi connectivity index (χ4v) is 7.66. The quantitative estimate of drug-likeness (QED) is 0.0486. The van der Waals surface area contributed by atoms with E-state index >= 15 is 0 Å². The fourth-order valence-electron chi connectivity index (χ4n) is 7.10. The van der Waals surface area contributed by atoms with Gasteiger partial charge in [-0.3, -0.25) is 33.3 Å². The zero-order valence-electron chi connectivity index (χ0n) is 35.0. The smallest absolute Gasteiger partial charge is 0.394 e. The summed E-state index contributed by atoms with van der Waals surface area (Å²) in [6.07, 6.45) is 10.3. The van der Waals surface area contributed by atoms with Gasteiger partial charge < -0.3 is 51.4 Å². The maximum atomic E-state index is 13.9. The Kier molecular flexibility index (Phi) is 20.3. The minimum Gasteiger partial charge on any atom is -0.394 e. The normalized spacial score (nSPS) is 16.7. The van der Waals surface area contributed by atoms with Crippen LogP contribution < -0.4 is 27.0 Å². The molecule has 1 fully saturated rings. The molecule has 3 rings (SSSR count). The Hall–Kier alpha value is -4.68. The second-order valence-corrected chi connectivity index (χ2v) is 16.9. The second kappa shape index (κ2) is 24.5. The molecule has 1 aromatic heterocycles. The first-order valence-corrected chi connectivity index (χ1v) is 22.1. The zero-order chi connectivity index (χ0) is 44.4. The third-order valence-electron chi connectivity index (χ3n) is 10.2.